The zero-order valence-electron chi connectivity index (χ0n) is 14.6. The highest BCUT2D eigenvalue weighted by atomic mass is 35.5. The van der Waals surface area contributed by atoms with E-state index in [9.17, 15) is 4.79 Å². The maximum Gasteiger partial charge on any atom is 0.261 e. The van der Waals surface area contributed by atoms with Gasteiger partial charge in [-0.15, -0.1) is 0 Å². The molecule has 0 heterocycles. The monoisotopic (exact) mass is 345 g/mol. The van der Waals surface area contributed by atoms with Gasteiger partial charge in [0.05, 0.1) is 6.04 Å². The van der Waals surface area contributed by atoms with Gasteiger partial charge in [-0.3, -0.25) is 4.79 Å². The molecule has 0 spiro atoms. The number of hydrogen-bond acceptors (Lipinski definition) is 2. The summed E-state index contributed by atoms with van der Waals surface area (Å²) in [5.74, 6) is 0.528. The van der Waals surface area contributed by atoms with Gasteiger partial charge in [0.25, 0.3) is 5.91 Å². The van der Waals surface area contributed by atoms with Crippen molar-refractivity contribution in [3.05, 3.63) is 64.2 Å². The number of aryl methyl sites for hydroxylation is 2. The third-order valence-electron chi connectivity index (χ3n) is 4.01. The molecule has 0 aliphatic heterocycles. The fraction of sp³-hybridized carbons (Fsp3) is 0.350. The zero-order chi connectivity index (χ0) is 17.7. The van der Waals surface area contributed by atoms with E-state index in [-0.39, 0.29) is 11.9 Å². The average Bonchev–Trinajstić information content (AvgIpc) is 2.54. The third kappa shape index (κ3) is 4.75. The molecule has 0 bridgehead atoms. The van der Waals surface area contributed by atoms with Crippen molar-refractivity contribution in [3.63, 3.8) is 0 Å². The molecule has 128 valence electrons. The highest BCUT2D eigenvalue weighted by Gasteiger charge is 2.21. The second-order valence-electron chi connectivity index (χ2n) is 6.06. The smallest absolute Gasteiger partial charge is 0.261 e. The van der Waals surface area contributed by atoms with Crippen LogP contribution < -0.4 is 10.1 Å². The van der Waals surface area contributed by atoms with E-state index in [1.54, 1.807) is 24.3 Å². The standard InChI is InChI=1S/C20H24ClNO2/c1-5-19(24-17-9-7-16(21)8-10-17)20(23)22-15(4)18-11-6-13(2)12-14(18)3/h6-12,15,19H,5H2,1-4H3,(H,22,23). The molecule has 0 aromatic heterocycles. The van der Waals surface area contributed by atoms with Gasteiger partial charge in [-0.25, -0.2) is 0 Å². The van der Waals surface area contributed by atoms with Crippen molar-refractivity contribution in [2.45, 2.75) is 46.3 Å². The molecule has 24 heavy (non-hydrogen) atoms. The number of carbonyl (C=O) groups is 1. The number of benzene rings is 2. The molecule has 0 aliphatic carbocycles. The summed E-state index contributed by atoms with van der Waals surface area (Å²) in [6.45, 7) is 8.05. The van der Waals surface area contributed by atoms with E-state index in [2.05, 4.69) is 37.4 Å². The summed E-state index contributed by atoms with van der Waals surface area (Å²) < 4.78 is 5.80. The van der Waals surface area contributed by atoms with Crippen LogP contribution in [-0.2, 0) is 4.79 Å². The molecule has 2 atom stereocenters. The molecule has 1 N–H and O–H groups in total. The molecule has 0 saturated carbocycles. The molecular formula is C20H24ClNO2. The highest BCUT2D eigenvalue weighted by Crippen LogP contribution is 2.20. The lowest BCUT2D eigenvalue weighted by Crippen LogP contribution is -2.39. The molecule has 2 unspecified atom stereocenters. The van der Waals surface area contributed by atoms with E-state index in [1.165, 1.54) is 11.1 Å². The maximum atomic E-state index is 12.5. The first-order valence-corrected chi connectivity index (χ1v) is 8.58. The quantitative estimate of drug-likeness (QED) is 0.800. The number of amides is 1. The van der Waals surface area contributed by atoms with Gasteiger partial charge in [0, 0.05) is 5.02 Å². The van der Waals surface area contributed by atoms with E-state index in [0.29, 0.717) is 17.2 Å². The number of halogens is 1. The van der Waals surface area contributed by atoms with Crippen molar-refractivity contribution in [2.75, 3.05) is 0 Å². The van der Waals surface area contributed by atoms with Crippen molar-refractivity contribution in [2.24, 2.45) is 0 Å². The molecule has 2 rings (SSSR count). The van der Waals surface area contributed by atoms with Crippen LogP contribution in [0, 0.1) is 13.8 Å². The zero-order valence-corrected chi connectivity index (χ0v) is 15.4. The highest BCUT2D eigenvalue weighted by molar-refractivity contribution is 6.30. The Labute approximate surface area is 149 Å². The Balaban J connectivity index is 2.04. The second-order valence-corrected chi connectivity index (χ2v) is 6.50. The lowest BCUT2D eigenvalue weighted by atomic mass is 10.00. The topological polar surface area (TPSA) is 38.3 Å². The Bertz CT molecular complexity index is 697. The first-order valence-electron chi connectivity index (χ1n) is 8.20. The van der Waals surface area contributed by atoms with Crippen molar-refractivity contribution in [1.29, 1.82) is 0 Å². The molecule has 2 aromatic rings. The van der Waals surface area contributed by atoms with Gasteiger partial charge in [-0.05, 0) is 62.6 Å². The maximum absolute atomic E-state index is 12.5. The van der Waals surface area contributed by atoms with Crippen LogP contribution in [0.3, 0.4) is 0 Å². The number of hydrogen-bond donors (Lipinski definition) is 1. The van der Waals surface area contributed by atoms with Crippen LogP contribution in [0.4, 0.5) is 0 Å². The van der Waals surface area contributed by atoms with Crippen molar-refractivity contribution in [3.8, 4) is 5.75 Å². The van der Waals surface area contributed by atoms with Gasteiger partial charge in [0.2, 0.25) is 0 Å². The fourth-order valence-corrected chi connectivity index (χ4v) is 2.82. The van der Waals surface area contributed by atoms with Gasteiger partial charge < -0.3 is 10.1 Å². The minimum Gasteiger partial charge on any atom is -0.481 e. The Morgan fingerprint density at radius 1 is 1.17 bits per heavy atom. The second kappa shape index (κ2) is 8.20. The van der Waals surface area contributed by atoms with Crippen LogP contribution in [-0.4, -0.2) is 12.0 Å². The van der Waals surface area contributed by atoms with E-state index in [1.807, 2.05) is 13.8 Å². The van der Waals surface area contributed by atoms with E-state index in [4.69, 9.17) is 16.3 Å². The van der Waals surface area contributed by atoms with Gasteiger partial charge >= 0.3 is 0 Å². The predicted molar refractivity (Wildman–Crippen MR) is 98.6 cm³/mol. The van der Waals surface area contributed by atoms with Crippen LogP contribution in [0.15, 0.2) is 42.5 Å². The van der Waals surface area contributed by atoms with Crippen LogP contribution in [0.2, 0.25) is 5.02 Å². The summed E-state index contributed by atoms with van der Waals surface area (Å²) in [5.41, 5.74) is 3.51. The molecule has 0 fully saturated rings. The number of ether oxygens (including phenoxy) is 1. The van der Waals surface area contributed by atoms with Crippen molar-refractivity contribution in [1.82, 2.24) is 5.32 Å². The summed E-state index contributed by atoms with van der Waals surface area (Å²) >= 11 is 5.87. The minimum absolute atomic E-state index is 0.0685. The molecule has 2 aromatic carbocycles. The lowest BCUT2D eigenvalue weighted by molar-refractivity contribution is -0.128. The normalized spacial score (nSPS) is 13.2. The fourth-order valence-electron chi connectivity index (χ4n) is 2.70. The lowest BCUT2D eigenvalue weighted by Gasteiger charge is -2.22. The minimum atomic E-state index is -0.528. The van der Waals surface area contributed by atoms with Gasteiger partial charge in [0.15, 0.2) is 6.10 Å². The SMILES string of the molecule is CCC(Oc1ccc(Cl)cc1)C(=O)NC(C)c1ccc(C)cc1C. The summed E-state index contributed by atoms with van der Waals surface area (Å²) in [7, 11) is 0. The molecule has 0 saturated heterocycles. The summed E-state index contributed by atoms with van der Waals surface area (Å²) in [6.07, 6.45) is 0.0630. The first-order chi connectivity index (χ1) is 11.4. The van der Waals surface area contributed by atoms with Crippen LogP contribution in [0.25, 0.3) is 0 Å². The Morgan fingerprint density at radius 3 is 2.42 bits per heavy atom. The third-order valence-corrected chi connectivity index (χ3v) is 4.26. The number of carbonyl (C=O) groups excluding carboxylic acids is 1. The van der Waals surface area contributed by atoms with E-state index in [0.717, 1.165) is 5.56 Å². The molecule has 4 heteroatoms. The first kappa shape index (κ1) is 18.3. The molecular weight excluding hydrogens is 322 g/mol. The van der Waals surface area contributed by atoms with Gasteiger partial charge in [0.1, 0.15) is 5.75 Å². The van der Waals surface area contributed by atoms with Crippen molar-refractivity contribution < 1.29 is 9.53 Å². The van der Waals surface area contributed by atoms with Crippen LogP contribution in [0.1, 0.15) is 43.0 Å². The Hall–Kier alpha value is -2.00. The van der Waals surface area contributed by atoms with E-state index < -0.39 is 6.10 Å². The number of rotatable bonds is 6. The summed E-state index contributed by atoms with van der Waals surface area (Å²) in [4.78, 5) is 12.5. The van der Waals surface area contributed by atoms with Crippen molar-refractivity contribution >= 4 is 17.5 Å². The molecule has 3 nitrogen and oxygen atoms in total. The molecule has 0 aliphatic rings. The average molecular weight is 346 g/mol. The largest absolute Gasteiger partial charge is 0.481 e. The molecule has 1 amide bonds. The predicted octanol–water partition coefficient (Wildman–Crippen LogP) is 4.99. The molecule has 0 radical (unpaired) electrons. The van der Waals surface area contributed by atoms with Gasteiger partial charge in [-0.2, -0.15) is 0 Å². The summed E-state index contributed by atoms with van der Waals surface area (Å²) in [6, 6.07) is 13.2. The van der Waals surface area contributed by atoms with Gasteiger partial charge in [-0.1, -0.05) is 42.3 Å². The van der Waals surface area contributed by atoms with Crippen LogP contribution >= 0.6 is 11.6 Å². The van der Waals surface area contributed by atoms with Crippen LogP contribution in [0.5, 0.6) is 5.75 Å². The summed E-state index contributed by atoms with van der Waals surface area (Å²) in [5, 5.41) is 3.69. The Morgan fingerprint density at radius 2 is 1.83 bits per heavy atom. The number of nitrogens with one attached hydrogen (secondary N) is 1. The Kier molecular flexibility index (Phi) is 6.27. The van der Waals surface area contributed by atoms with E-state index >= 15 is 0 Å².